The molecule has 0 atom stereocenters. The van der Waals surface area contributed by atoms with Crippen LogP contribution in [-0.4, -0.2) is 22.5 Å². The molecule has 0 bridgehead atoms. The molecular formula is C9H12ClFN2O2S. The van der Waals surface area contributed by atoms with Gasteiger partial charge >= 0.3 is 0 Å². The van der Waals surface area contributed by atoms with E-state index in [-0.39, 0.29) is 17.1 Å². The van der Waals surface area contributed by atoms with E-state index in [0.717, 1.165) is 6.07 Å². The second-order valence-corrected chi connectivity index (χ2v) is 5.41. The van der Waals surface area contributed by atoms with Crippen LogP contribution in [-0.2, 0) is 16.6 Å². The number of halogens is 2. The number of sulfonamides is 1. The molecule has 0 aromatic heterocycles. The molecule has 0 radical (unpaired) electrons. The molecule has 2 N–H and O–H groups in total. The van der Waals surface area contributed by atoms with Crippen LogP contribution in [0.25, 0.3) is 0 Å². The van der Waals surface area contributed by atoms with Gasteiger partial charge in [0.1, 0.15) is 10.7 Å². The van der Waals surface area contributed by atoms with Gasteiger partial charge in [0.2, 0.25) is 10.0 Å². The van der Waals surface area contributed by atoms with E-state index >= 15 is 0 Å². The van der Waals surface area contributed by atoms with Gasteiger partial charge in [-0.25, -0.2) is 17.5 Å². The molecule has 0 aliphatic rings. The molecule has 0 unspecified atom stereocenters. The highest BCUT2D eigenvalue weighted by Gasteiger charge is 2.20. The molecule has 0 spiro atoms. The summed E-state index contributed by atoms with van der Waals surface area (Å²) in [7, 11) is -0.982. The summed E-state index contributed by atoms with van der Waals surface area (Å²) < 4.78 is 38.9. The molecule has 0 saturated heterocycles. The van der Waals surface area contributed by atoms with Crippen molar-refractivity contribution in [2.24, 2.45) is 0 Å². The summed E-state index contributed by atoms with van der Waals surface area (Å²) in [6.45, 7) is 0.207. The lowest BCUT2D eigenvalue weighted by Crippen LogP contribution is -2.21. The SMILES string of the molecule is CNCc1cc(Cl)cc(S(=O)(=O)NC)c1F. The van der Waals surface area contributed by atoms with Crippen LogP contribution in [0.15, 0.2) is 17.0 Å². The lowest BCUT2D eigenvalue weighted by molar-refractivity contribution is 0.549. The standard InChI is InChI=1S/C9H12ClFN2O2S/c1-12-5-6-3-7(10)4-8(9(6)11)16(14,15)13-2/h3-4,12-13H,5H2,1-2H3. The molecule has 90 valence electrons. The smallest absolute Gasteiger partial charge is 0.243 e. The molecule has 0 aliphatic heterocycles. The number of hydrogen-bond donors (Lipinski definition) is 2. The molecule has 1 rings (SSSR count). The largest absolute Gasteiger partial charge is 0.316 e. The highest BCUT2D eigenvalue weighted by Crippen LogP contribution is 2.23. The summed E-state index contributed by atoms with van der Waals surface area (Å²) in [5, 5.41) is 2.92. The van der Waals surface area contributed by atoms with Crippen molar-refractivity contribution < 1.29 is 12.8 Å². The summed E-state index contributed by atoms with van der Waals surface area (Å²) in [6, 6.07) is 2.48. The zero-order chi connectivity index (χ0) is 12.3. The number of rotatable bonds is 4. The topological polar surface area (TPSA) is 58.2 Å². The van der Waals surface area contributed by atoms with Crippen molar-refractivity contribution in [2.75, 3.05) is 14.1 Å². The zero-order valence-electron chi connectivity index (χ0n) is 8.84. The summed E-state index contributed by atoms with van der Waals surface area (Å²) >= 11 is 5.73. The fourth-order valence-electron chi connectivity index (χ4n) is 1.24. The summed E-state index contributed by atoms with van der Waals surface area (Å²) in [6.07, 6.45) is 0. The summed E-state index contributed by atoms with van der Waals surface area (Å²) in [5.41, 5.74) is 0.212. The van der Waals surface area contributed by atoms with Crippen LogP contribution in [0.4, 0.5) is 4.39 Å². The maximum atomic E-state index is 13.8. The van der Waals surface area contributed by atoms with Crippen molar-refractivity contribution in [3.05, 3.63) is 28.5 Å². The first-order valence-corrected chi connectivity index (χ1v) is 6.34. The summed E-state index contributed by atoms with van der Waals surface area (Å²) in [4.78, 5) is -0.437. The maximum absolute atomic E-state index is 13.8. The Hall–Kier alpha value is -0.690. The first kappa shape index (κ1) is 13.4. The van der Waals surface area contributed by atoms with Crippen molar-refractivity contribution in [2.45, 2.75) is 11.4 Å². The molecule has 1 aromatic rings. The van der Waals surface area contributed by atoms with E-state index in [2.05, 4.69) is 5.32 Å². The second kappa shape index (κ2) is 5.09. The van der Waals surface area contributed by atoms with Crippen LogP contribution in [0.2, 0.25) is 5.02 Å². The molecule has 0 saturated carbocycles. The average molecular weight is 267 g/mol. The fraction of sp³-hybridized carbons (Fsp3) is 0.333. The monoisotopic (exact) mass is 266 g/mol. The van der Waals surface area contributed by atoms with Crippen molar-refractivity contribution in [1.82, 2.24) is 10.0 Å². The molecule has 1 aromatic carbocycles. The van der Waals surface area contributed by atoms with Crippen LogP contribution >= 0.6 is 11.6 Å². The molecule has 0 fully saturated rings. The first-order valence-electron chi connectivity index (χ1n) is 4.48. The third-order valence-corrected chi connectivity index (χ3v) is 3.64. The van der Waals surface area contributed by atoms with Gasteiger partial charge in [0.25, 0.3) is 0 Å². The van der Waals surface area contributed by atoms with Gasteiger partial charge in [-0.3, -0.25) is 0 Å². The maximum Gasteiger partial charge on any atom is 0.243 e. The van der Waals surface area contributed by atoms with Gasteiger partial charge in [0.15, 0.2) is 0 Å². The lowest BCUT2D eigenvalue weighted by atomic mass is 10.2. The van der Waals surface area contributed by atoms with Gasteiger partial charge in [0, 0.05) is 17.1 Å². The van der Waals surface area contributed by atoms with E-state index in [4.69, 9.17) is 11.6 Å². The second-order valence-electron chi connectivity index (χ2n) is 3.11. The Morgan fingerprint density at radius 3 is 2.50 bits per heavy atom. The Bertz CT molecular complexity index is 491. The van der Waals surface area contributed by atoms with Gasteiger partial charge in [-0.15, -0.1) is 0 Å². The predicted octanol–water partition coefficient (Wildman–Crippen LogP) is 1.11. The van der Waals surface area contributed by atoms with Gasteiger partial charge in [-0.05, 0) is 26.2 Å². The fourth-order valence-corrected chi connectivity index (χ4v) is 2.42. The van der Waals surface area contributed by atoms with E-state index in [9.17, 15) is 12.8 Å². The van der Waals surface area contributed by atoms with Gasteiger partial charge in [-0.1, -0.05) is 11.6 Å². The van der Waals surface area contributed by atoms with Gasteiger partial charge in [-0.2, -0.15) is 0 Å². The molecule has 0 aliphatic carbocycles. The van der Waals surface area contributed by atoms with Crippen LogP contribution < -0.4 is 10.0 Å². The Morgan fingerprint density at radius 2 is 2.00 bits per heavy atom. The Morgan fingerprint density at radius 1 is 1.38 bits per heavy atom. The van der Waals surface area contributed by atoms with Crippen LogP contribution in [0.1, 0.15) is 5.56 Å². The van der Waals surface area contributed by atoms with Crippen molar-refractivity contribution in [3.8, 4) is 0 Å². The van der Waals surface area contributed by atoms with E-state index in [1.165, 1.54) is 13.1 Å². The van der Waals surface area contributed by atoms with Crippen molar-refractivity contribution in [3.63, 3.8) is 0 Å². The Kier molecular flexibility index (Phi) is 4.26. The quantitative estimate of drug-likeness (QED) is 0.858. The molecule has 0 amide bonds. The van der Waals surface area contributed by atoms with E-state index in [1.807, 2.05) is 4.72 Å². The highest BCUT2D eigenvalue weighted by molar-refractivity contribution is 7.89. The lowest BCUT2D eigenvalue weighted by Gasteiger charge is -2.09. The minimum Gasteiger partial charge on any atom is -0.316 e. The normalized spacial score (nSPS) is 11.8. The molecule has 0 heterocycles. The number of benzene rings is 1. The van der Waals surface area contributed by atoms with E-state index < -0.39 is 20.7 Å². The average Bonchev–Trinajstić information content (AvgIpc) is 2.23. The van der Waals surface area contributed by atoms with Crippen LogP contribution in [0.5, 0.6) is 0 Å². The molecular weight excluding hydrogens is 255 g/mol. The molecule has 16 heavy (non-hydrogen) atoms. The molecule has 7 heteroatoms. The summed E-state index contributed by atoms with van der Waals surface area (Å²) in [5.74, 6) is -0.784. The minimum atomic E-state index is -3.83. The van der Waals surface area contributed by atoms with E-state index in [0.29, 0.717) is 0 Å². The number of nitrogens with one attached hydrogen (secondary N) is 2. The first-order chi connectivity index (χ1) is 7.42. The third-order valence-electron chi connectivity index (χ3n) is 2.00. The zero-order valence-corrected chi connectivity index (χ0v) is 10.4. The highest BCUT2D eigenvalue weighted by atomic mass is 35.5. The molecule has 4 nitrogen and oxygen atoms in total. The predicted molar refractivity (Wildman–Crippen MR) is 60.4 cm³/mol. The Balaban J connectivity index is 3.41. The third kappa shape index (κ3) is 2.70. The van der Waals surface area contributed by atoms with Crippen LogP contribution in [0.3, 0.4) is 0 Å². The van der Waals surface area contributed by atoms with Crippen LogP contribution in [0, 0.1) is 5.82 Å². The minimum absolute atomic E-state index is 0.181. The van der Waals surface area contributed by atoms with Crippen molar-refractivity contribution >= 4 is 21.6 Å². The van der Waals surface area contributed by atoms with Gasteiger partial charge in [0.05, 0.1) is 0 Å². The van der Waals surface area contributed by atoms with Crippen molar-refractivity contribution in [1.29, 1.82) is 0 Å². The Labute approximate surface area is 98.9 Å². The number of hydrogen-bond acceptors (Lipinski definition) is 3. The van der Waals surface area contributed by atoms with Gasteiger partial charge < -0.3 is 5.32 Å². The van der Waals surface area contributed by atoms with E-state index in [1.54, 1.807) is 7.05 Å².